The Morgan fingerprint density at radius 1 is 1.11 bits per heavy atom. The summed E-state index contributed by atoms with van der Waals surface area (Å²) in [7, 11) is 1.64. The number of methoxy groups -OCH3 is 1. The van der Waals surface area contributed by atoms with Gasteiger partial charge in [-0.15, -0.1) is 23.3 Å². The molecule has 0 unspecified atom stereocenters. The molecule has 0 saturated carbocycles. The van der Waals surface area contributed by atoms with E-state index in [-0.39, 0.29) is 0 Å². The molecule has 3 aromatic rings. The van der Waals surface area contributed by atoms with Crippen LogP contribution in [0.5, 0.6) is 5.75 Å². The molecule has 0 aliphatic carbocycles. The molecule has 0 saturated heterocycles. The summed E-state index contributed by atoms with van der Waals surface area (Å²) in [5, 5.41) is 11.4. The SMILES string of the molecule is COc1ccc(-n2ncc(C3=NNNN3Cc3ccc(Br)cc3)c2S)cc1. The molecule has 4 rings (SSSR count). The van der Waals surface area contributed by atoms with Gasteiger partial charge in [-0.1, -0.05) is 28.1 Å². The predicted octanol–water partition coefficient (Wildman–Crippen LogP) is 3.12. The summed E-state index contributed by atoms with van der Waals surface area (Å²) in [5.41, 5.74) is 8.71. The fourth-order valence-corrected chi connectivity index (χ4v) is 3.35. The van der Waals surface area contributed by atoms with Crippen molar-refractivity contribution in [3.05, 3.63) is 70.3 Å². The second-order valence-corrected chi connectivity index (χ2v) is 7.20. The molecule has 2 heterocycles. The number of hydrogen-bond acceptors (Lipinski definition) is 7. The van der Waals surface area contributed by atoms with Crippen LogP contribution in [0.25, 0.3) is 5.69 Å². The van der Waals surface area contributed by atoms with Gasteiger partial charge in [0, 0.05) is 4.47 Å². The topological polar surface area (TPSA) is 66.7 Å². The van der Waals surface area contributed by atoms with Crippen LogP contribution in [0.1, 0.15) is 11.1 Å². The van der Waals surface area contributed by atoms with Gasteiger partial charge < -0.3 is 4.74 Å². The highest BCUT2D eigenvalue weighted by atomic mass is 79.9. The average molecular weight is 445 g/mol. The fraction of sp³-hybridized carbons (Fsp3) is 0.111. The Labute approximate surface area is 170 Å². The quantitative estimate of drug-likeness (QED) is 0.527. The van der Waals surface area contributed by atoms with E-state index < -0.39 is 0 Å². The zero-order valence-corrected chi connectivity index (χ0v) is 16.9. The smallest absolute Gasteiger partial charge is 0.177 e. The Kier molecular flexibility index (Phi) is 5.06. The molecule has 2 N–H and O–H groups in total. The maximum absolute atomic E-state index is 5.21. The lowest BCUT2D eigenvalue weighted by Crippen LogP contribution is -2.40. The second kappa shape index (κ2) is 7.63. The van der Waals surface area contributed by atoms with Gasteiger partial charge in [0.25, 0.3) is 0 Å². The lowest BCUT2D eigenvalue weighted by Gasteiger charge is -2.18. The first-order chi connectivity index (χ1) is 13.2. The number of rotatable bonds is 5. The van der Waals surface area contributed by atoms with E-state index in [4.69, 9.17) is 4.74 Å². The standard InChI is InChI=1S/C18H17BrN6OS/c1-26-15-8-6-14(7-9-15)25-18(27)16(10-20-25)17-21-22-23-24(17)11-12-2-4-13(19)5-3-12/h2-10,22-23,27H,11H2,1H3. The minimum atomic E-state index is 0.639. The van der Waals surface area contributed by atoms with E-state index in [9.17, 15) is 0 Å². The maximum atomic E-state index is 5.21. The van der Waals surface area contributed by atoms with Crippen molar-refractivity contribution in [2.45, 2.75) is 11.6 Å². The van der Waals surface area contributed by atoms with Crippen LogP contribution in [0, 0.1) is 0 Å². The number of nitrogens with one attached hydrogen (secondary N) is 2. The van der Waals surface area contributed by atoms with Crippen molar-refractivity contribution in [1.82, 2.24) is 25.9 Å². The summed E-state index contributed by atoms with van der Waals surface area (Å²) in [4.78, 5) is 0. The number of ether oxygens (including phenoxy) is 1. The highest BCUT2D eigenvalue weighted by Crippen LogP contribution is 2.23. The van der Waals surface area contributed by atoms with Gasteiger partial charge in [-0.05, 0) is 42.0 Å². The third-order valence-corrected chi connectivity index (χ3v) is 5.12. The number of halogens is 1. The van der Waals surface area contributed by atoms with Crippen LogP contribution in [0.3, 0.4) is 0 Å². The van der Waals surface area contributed by atoms with E-state index in [2.05, 4.69) is 62.0 Å². The van der Waals surface area contributed by atoms with Crippen molar-refractivity contribution in [2.75, 3.05) is 7.11 Å². The predicted molar refractivity (Wildman–Crippen MR) is 110 cm³/mol. The first-order valence-corrected chi connectivity index (χ1v) is 9.42. The van der Waals surface area contributed by atoms with Gasteiger partial charge in [0.1, 0.15) is 10.8 Å². The molecule has 1 aliphatic heterocycles. The summed E-state index contributed by atoms with van der Waals surface area (Å²) < 4.78 is 8.01. The molecule has 0 atom stereocenters. The highest BCUT2D eigenvalue weighted by molar-refractivity contribution is 9.10. The normalized spacial score (nSPS) is 13.4. The summed E-state index contributed by atoms with van der Waals surface area (Å²) in [6.45, 7) is 0.639. The van der Waals surface area contributed by atoms with E-state index in [0.29, 0.717) is 11.6 Å². The van der Waals surface area contributed by atoms with Gasteiger partial charge >= 0.3 is 0 Å². The summed E-state index contributed by atoms with van der Waals surface area (Å²) in [6, 6.07) is 15.8. The van der Waals surface area contributed by atoms with Crippen molar-refractivity contribution in [3.63, 3.8) is 0 Å². The summed E-state index contributed by atoms with van der Waals surface area (Å²) in [5.74, 6) is 1.52. The minimum Gasteiger partial charge on any atom is -0.497 e. The summed E-state index contributed by atoms with van der Waals surface area (Å²) >= 11 is 8.13. The van der Waals surface area contributed by atoms with Crippen molar-refractivity contribution in [3.8, 4) is 11.4 Å². The minimum absolute atomic E-state index is 0.639. The van der Waals surface area contributed by atoms with E-state index >= 15 is 0 Å². The number of amidine groups is 1. The third kappa shape index (κ3) is 3.66. The van der Waals surface area contributed by atoms with Crippen LogP contribution in [0.2, 0.25) is 0 Å². The lowest BCUT2D eigenvalue weighted by molar-refractivity contribution is 0.288. The average Bonchev–Trinajstić information content (AvgIpc) is 3.30. The van der Waals surface area contributed by atoms with Gasteiger partial charge in [-0.2, -0.15) is 5.10 Å². The summed E-state index contributed by atoms with van der Waals surface area (Å²) in [6.07, 6.45) is 1.76. The van der Waals surface area contributed by atoms with Gasteiger partial charge in [-0.3, -0.25) is 5.01 Å². The molecule has 7 nitrogen and oxygen atoms in total. The fourth-order valence-electron chi connectivity index (χ4n) is 2.76. The largest absolute Gasteiger partial charge is 0.497 e. The molecule has 9 heteroatoms. The van der Waals surface area contributed by atoms with Crippen LogP contribution in [-0.4, -0.2) is 27.7 Å². The lowest BCUT2D eigenvalue weighted by atomic mass is 10.2. The molecule has 0 fully saturated rings. The van der Waals surface area contributed by atoms with E-state index in [1.165, 1.54) is 0 Å². The van der Waals surface area contributed by atoms with Gasteiger partial charge in [0.15, 0.2) is 5.84 Å². The number of benzene rings is 2. The number of hydrazine groups is 2. The van der Waals surface area contributed by atoms with E-state index in [1.54, 1.807) is 18.0 Å². The third-order valence-electron chi connectivity index (χ3n) is 4.16. The zero-order chi connectivity index (χ0) is 18.8. The van der Waals surface area contributed by atoms with Crippen LogP contribution in [0.4, 0.5) is 0 Å². The number of aromatic nitrogens is 2. The van der Waals surface area contributed by atoms with Crippen LogP contribution in [-0.2, 0) is 6.54 Å². The zero-order valence-electron chi connectivity index (χ0n) is 14.4. The van der Waals surface area contributed by atoms with Crippen molar-refractivity contribution >= 4 is 34.4 Å². The Bertz CT molecular complexity index is 971. The molecule has 0 spiro atoms. The maximum Gasteiger partial charge on any atom is 0.177 e. The number of thiol groups is 1. The Hall–Kier alpha value is -2.49. The molecular weight excluding hydrogens is 428 g/mol. The molecule has 2 aromatic carbocycles. The Morgan fingerprint density at radius 2 is 1.85 bits per heavy atom. The van der Waals surface area contributed by atoms with Crippen LogP contribution < -0.4 is 15.8 Å². The molecular formula is C18H17BrN6OS. The van der Waals surface area contributed by atoms with Crippen LogP contribution >= 0.6 is 28.6 Å². The molecule has 0 radical (unpaired) electrons. The van der Waals surface area contributed by atoms with Gasteiger partial charge in [0.2, 0.25) is 0 Å². The Morgan fingerprint density at radius 3 is 2.56 bits per heavy atom. The Balaban J connectivity index is 1.59. The first kappa shape index (κ1) is 17.9. The van der Waals surface area contributed by atoms with Crippen molar-refractivity contribution < 1.29 is 4.74 Å². The molecule has 138 valence electrons. The van der Waals surface area contributed by atoms with Crippen LogP contribution in [0.15, 0.2) is 69.3 Å². The van der Waals surface area contributed by atoms with E-state index in [1.807, 2.05) is 41.4 Å². The first-order valence-electron chi connectivity index (χ1n) is 8.18. The molecule has 1 aromatic heterocycles. The monoisotopic (exact) mass is 444 g/mol. The molecule has 0 bridgehead atoms. The number of hydrogen-bond donors (Lipinski definition) is 3. The van der Waals surface area contributed by atoms with E-state index in [0.717, 1.165) is 32.9 Å². The highest BCUT2D eigenvalue weighted by Gasteiger charge is 2.24. The van der Waals surface area contributed by atoms with Crippen molar-refractivity contribution in [2.24, 2.45) is 5.10 Å². The molecule has 0 amide bonds. The molecule has 27 heavy (non-hydrogen) atoms. The molecule has 1 aliphatic rings. The number of hydrazone groups is 1. The second-order valence-electron chi connectivity index (χ2n) is 5.86. The van der Waals surface area contributed by atoms with Gasteiger partial charge in [-0.25, -0.2) is 10.2 Å². The van der Waals surface area contributed by atoms with Gasteiger partial charge in [0.05, 0.1) is 31.1 Å². The number of nitrogens with zero attached hydrogens (tertiary/aromatic N) is 4. The van der Waals surface area contributed by atoms with Crippen molar-refractivity contribution in [1.29, 1.82) is 0 Å².